The minimum absolute atomic E-state index is 0.181. The predicted octanol–water partition coefficient (Wildman–Crippen LogP) is 5.06. The molecule has 1 amide bonds. The largest absolute Gasteiger partial charge is 0.496 e. The fourth-order valence-corrected chi connectivity index (χ4v) is 5.12. The molecule has 3 aromatic rings. The van der Waals surface area contributed by atoms with Crippen LogP contribution in [0.3, 0.4) is 0 Å². The lowest BCUT2D eigenvalue weighted by Gasteiger charge is -2.31. The molecule has 2 aromatic carbocycles. The van der Waals surface area contributed by atoms with E-state index in [1.54, 1.807) is 31.4 Å². The van der Waals surface area contributed by atoms with Gasteiger partial charge in [0.05, 0.1) is 12.7 Å². The van der Waals surface area contributed by atoms with Crippen LogP contribution in [0, 0.1) is 5.92 Å². The topological polar surface area (TPSA) is 92.5 Å². The van der Waals surface area contributed by atoms with E-state index in [1.807, 2.05) is 24.3 Å². The standard InChI is InChI=1S/C27H33N5O3/c1-34-24-17-22(28-25(33)20-7-3-2-4-8-20)13-14-23(24)26-30-31-27(35-26)29-21-11-9-19(10-12-21)18-32-15-5-6-16-32/h2-4,7-8,13-14,17,19,21H,5-6,9-12,15-16,18H2,1H3,(H,28,33)(H,29,31). The number of hydrogen-bond donors (Lipinski definition) is 2. The van der Waals surface area contributed by atoms with Crippen molar-refractivity contribution >= 4 is 17.6 Å². The fraction of sp³-hybridized carbons (Fsp3) is 0.444. The van der Waals surface area contributed by atoms with Crippen molar-refractivity contribution in [3.05, 3.63) is 54.1 Å². The Morgan fingerprint density at radius 2 is 1.83 bits per heavy atom. The van der Waals surface area contributed by atoms with E-state index in [-0.39, 0.29) is 5.91 Å². The van der Waals surface area contributed by atoms with Gasteiger partial charge in [-0.1, -0.05) is 23.3 Å². The number of ether oxygens (including phenoxy) is 1. The van der Waals surface area contributed by atoms with Crippen LogP contribution in [0.2, 0.25) is 0 Å². The number of nitrogens with one attached hydrogen (secondary N) is 2. The van der Waals surface area contributed by atoms with Crippen LogP contribution in [0.25, 0.3) is 11.5 Å². The van der Waals surface area contributed by atoms with Gasteiger partial charge >= 0.3 is 6.01 Å². The predicted molar refractivity (Wildman–Crippen MR) is 136 cm³/mol. The number of amides is 1. The Labute approximate surface area is 206 Å². The van der Waals surface area contributed by atoms with Crippen LogP contribution < -0.4 is 15.4 Å². The number of likely N-dealkylation sites (tertiary alicyclic amines) is 1. The van der Waals surface area contributed by atoms with Gasteiger partial charge in [-0.05, 0) is 81.8 Å². The molecule has 1 saturated heterocycles. The molecule has 0 spiro atoms. The number of rotatable bonds is 8. The first-order valence-electron chi connectivity index (χ1n) is 12.5. The number of hydrogen-bond acceptors (Lipinski definition) is 7. The third-order valence-corrected chi connectivity index (χ3v) is 7.04. The first kappa shape index (κ1) is 23.4. The Morgan fingerprint density at radius 1 is 1.06 bits per heavy atom. The molecule has 0 bridgehead atoms. The summed E-state index contributed by atoms with van der Waals surface area (Å²) in [5.41, 5.74) is 1.90. The molecule has 2 heterocycles. The normalized spacial score (nSPS) is 20.5. The second-order valence-electron chi connectivity index (χ2n) is 9.52. The fourth-order valence-electron chi connectivity index (χ4n) is 5.12. The quantitative estimate of drug-likeness (QED) is 0.470. The summed E-state index contributed by atoms with van der Waals surface area (Å²) >= 11 is 0. The lowest BCUT2D eigenvalue weighted by atomic mass is 9.86. The Hall–Kier alpha value is -3.39. The Kier molecular flexibility index (Phi) is 7.28. The summed E-state index contributed by atoms with van der Waals surface area (Å²) in [6.07, 6.45) is 7.42. The lowest BCUT2D eigenvalue weighted by Crippen LogP contribution is -2.32. The van der Waals surface area contributed by atoms with Crippen molar-refractivity contribution in [2.24, 2.45) is 5.92 Å². The van der Waals surface area contributed by atoms with E-state index in [0.29, 0.717) is 40.5 Å². The van der Waals surface area contributed by atoms with Crippen LogP contribution in [0.15, 0.2) is 52.9 Å². The molecule has 1 saturated carbocycles. The molecule has 0 unspecified atom stereocenters. The molecule has 8 heteroatoms. The molecule has 5 rings (SSSR count). The second-order valence-corrected chi connectivity index (χ2v) is 9.52. The first-order chi connectivity index (χ1) is 17.2. The van der Waals surface area contributed by atoms with Gasteiger partial charge in [0.1, 0.15) is 5.75 Å². The molecule has 0 atom stereocenters. The number of methoxy groups -OCH3 is 1. The molecule has 1 aliphatic carbocycles. The summed E-state index contributed by atoms with van der Waals surface area (Å²) in [4.78, 5) is 15.1. The summed E-state index contributed by atoms with van der Waals surface area (Å²) in [5.74, 6) is 1.55. The van der Waals surface area contributed by atoms with Gasteiger partial charge in [-0.25, -0.2) is 0 Å². The van der Waals surface area contributed by atoms with E-state index in [2.05, 4.69) is 25.7 Å². The van der Waals surface area contributed by atoms with E-state index in [1.165, 1.54) is 45.3 Å². The molecule has 1 aromatic heterocycles. The lowest BCUT2D eigenvalue weighted by molar-refractivity contribution is 0.102. The van der Waals surface area contributed by atoms with Crippen molar-refractivity contribution in [3.8, 4) is 17.2 Å². The van der Waals surface area contributed by atoms with Crippen LogP contribution >= 0.6 is 0 Å². The number of carbonyl (C=O) groups is 1. The number of anilines is 2. The molecule has 8 nitrogen and oxygen atoms in total. The van der Waals surface area contributed by atoms with Crippen LogP contribution in [-0.2, 0) is 0 Å². The molecular formula is C27H33N5O3. The Morgan fingerprint density at radius 3 is 2.57 bits per heavy atom. The van der Waals surface area contributed by atoms with Gasteiger partial charge in [0.25, 0.3) is 11.8 Å². The van der Waals surface area contributed by atoms with E-state index < -0.39 is 0 Å². The summed E-state index contributed by atoms with van der Waals surface area (Å²) < 4.78 is 11.5. The summed E-state index contributed by atoms with van der Waals surface area (Å²) in [7, 11) is 1.58. The summed E-state index contributed by atoms with van der Waals surface area (Å²) in [6.45, 7) is 3.79. The molecule has 2 N–H and O–H groups in total. The van der Waals surface area contributed by atoms with Crippen molar-refractivity contribution < 1.29 is 13.9 Å². The number of carbonyl (C=O) groups excluding carboxylic acids is 1. The second kappa shape index (κ2) is 10.9. The number of aromatic nitrogens is 2. The van der Waals surface area contributed by atoms with Gasteiger partial charge in [-0.3, -0.25) is 4.79 Å². The molecule has 2 aliphatic rings. The maximum absolute atomic E-state index is 12.5. The Balaban J connectivity index is 1.18. The maximum atomic E-state index is 12.5. The maximum Gasteiger partial charge on any atom is 0.315 e. The van der Waals surface area contributed by atoms with Gasteiger partial charge in [0, 0.05) is 29.9 Å². The molecule has 0 radical (unpaired) electrons. The highest BCUT2D eigenvalue weighted by Gasteiger charge is 2.25. The SMILES string of the molecule is COc1cc(NC(=O)c2ccccc2)ccc1-c1nnc(NC2CCC(CN3CCCC3)CC2)o1. The zero-order chi connectivity index (χ0) is 24.0. The van der Waals surface area contributed by atoms with Gasteiger partial charge < -0.3 is 24.7 Å². The zero-order valence-electron chi connectivity index (χ0n) is 20.2. The van der Waals surface area contributed by atoms with Crippen molar-refractivity contribution in [2.45, 2.75) is 44.6 Å². The van der Waals surface area contributed by atoms with Crippen molar-refractivity contribution in [2.75, 3.05) is 37.4 Å². The van der Waals surface area contributed by atoms with Gasteiger partial charge in [0.15, 0.2) is 0 Å². The van der Waals surface area contributed by atoms with Gasteiger partial charge in [-0.15, -0.1) is 5.10 Å². The highest BCUT2D eigenvalue weighted by Crippen LogP contribution is 2.33. The smallest absolute Gasteiger partial charge is 0.315 e. The third-order valence-electron chi connectivity index (χ3n) is 7.04. The van der Waals surface area contributed by atoms with Crippen LogP contribution in [-0.4, -0.2) is 53.8 Å². The molecule has 2 fully saturated rings. The molecule has 35 heavy (non-hydrogen) atoms. The molecule has 1 aliphatic heterocycles. The number of nitrogens with zero attached hydrogens (tertiary/aromatic N) is 3. The zero-order valence-corrected chi connectivity index (χ0v) is 20.2. The van der Waals surface area contributed by atoms with Gasteiger partial charge in [0.2, 0.25) is 0 Å². The highest BCUT2D eigenvalue weighted by molar-refractivity contribution is 6.04. The summed E-state index contributed by atoms with van der Waals surface area (Å²) in [6, 6.07) is 15.3. The molecular weight excluding hydrogens is 442 g/mol. The third kappa shape index (κ3) is 5.82. The van der Waals surface area contributed by atoms with E-state index in [4.69, 9.17) is 9.15 Å². The van der Waals surface area contributed by atoms with Crippen molar-refractivity contribution in [1.82, 2.24) is 15.1 Å². The van der Waals surface area contributed by atoms with Gasteiger partial charge in [-0.2, -0.15) is 0 Å². The van der Waals surface area contributed by atoms with E-state index in [9.17, 15) is 4.79 Å². The van der Waals surface area contributed by atoms with Crippen molar-refractivity contribution in [1.29, 1.82) is 0 Å². The average Bonchev–Trinajstić information content (AvgIpc) is 3.58. The highest BCUT2D eigenvalue weighted by atomic mass is 16.5. The minimum Gasteiger partial charge on any atom is -0.496 e. The van der Waals surface area contributed by atoms with E-state index >= 15 is 0 Å². The minimum atomic E-state index is -0.181. The number of benzene rings is 2. The summed E-state index contributed by atoms with van der Waals surface area (Å²) in [5, 5.41) is 14.8. The van der Waals surface area contributed by atoms with E-state index in [0.717, 1.165) is 18.8 Å². The first-order valence-corrected chi connectivity index (χ1v) is 12.5. The van der Waals surface area contributed by atoms with Crippen LogP contribution in [0.4, 0.5) is 11.7 Å². The average molecular weight is 476 g/mol. The Bertz CT molecular complexity index is 1120. The monoisotopic (exact) mass is 475 g/mol. The molecule has 184 valence electrons. The van der Waals surface area contributed by atoms with Crippen molar-refractivity contribution in [3.63, 3.8) is 0 Å². The van der Waals surface area contributed by atoms with Crippen LogP contribution in [0.1, 0.15) is 48.9 Å². The van der Waals surface area contributed by atoms with Crippen LogP contribution in [0.5, 0.6) is 5.75 Å².